The Morgan fingerprint density at radius 2 is 1.86 bits per heavy atom. The van der Waals surface area contributed by atoms with E-state index < -0.39 is 23.7 Å². The van der Waals surface area contributed by atoms with E-state index in [2.05, 4.69) is 4.98 Å². The Balaban J connectivity index is 3.36. The molecular weight excluding hydrogens is 205 g/mol. The van der Waals surface area contributed by atoms with Crippen molar-refractivity contribution in [3.63, 3.8) is 0 Å². The Morgan fingerprint density at radius 1 is 1.29 bits per heavy atom. The van der Waals surface area contributed by atoms with E-state index in [0.717, 1.165) is 13.1 Å². The van der Waals surface area contributed by atoms with Crippen LogP contribution in [0.2, 0.25) is 0 Å². The van der Waals surface area contributed by atoms with Crippen LogP contribution in [0.3, 0.4) is 0 Å². The van der Waals surface area contributed by atoms with Gasteiger partial charge >= 0.3 is 6.18 Å². The maximum atomic E-state index is 12.3. The molecular formula is C8H6F5N. The molecule has 0 amide bonds. The number of hydrogen-bond acceptors (Lipinski definition) is 1. The monoisotopic (exact) mass is 211 g/mol. The lowest BCUT2D eigenvalue weighted by molar-refractivity contribution is -0.139. The number of rotatable bonds is 1. The van der Waals surface area contributed by atoms with E-state index in [1.807, 2.05) is 0 Å². The molecule has 0 aliphatic heterocycles. The van der Waals surface area contributed by atoms with Crippen molar-refractivity contribution < 1.29 is 22.0 Å². The summed E-state index contributed by atoms with van der Waals surface area (Å²) in [5, 5.41) is 0. The van der Waals surface area contributed by atoms with Gasteiger partial charge in [-0.3, -0.25) is 4.98 Å². The Kier molecular flexibility index (Phi) is 2.73. The minimum absolute atomic E-state index is 0.296. The van der Waals surface area contributed by atoms with E-state index in [9.17, 15) is 22.0 Å². The third-order valence-corrected chi connectivity index (χ3v) is 1.71. The lowest BCUT2D eigenvalue weighted by Crippen LogP contribution is -2.11. The topological polar surface area (TPSA) is 12.9 Å². The largest absolute Gasteiger partial charge is 0.417 e. The molecule has 0 atom stereocenters. The molecule has 0 N–H and O–H groups in total. The number of aryl methyl sites for hydroxylation is 1. The average molecular weight is 211 g/mol. The van der Waals surface area contributed by atoms with Gasteiger partial charge in [-0.05, 0) is 13.0 Å². The molecule has 1 aromatic rings. The minimum atomic E-state index is -4.76. The molecule has 1 rings (SSSR count). The second-order valence-corrected chi connectivity index (χ2v) is 2.66. The standard InChI is InChI=1S/C8H6F5N/c1-4-6(7(9)10)5(2-3-14-4)8(11,12)13/h2-3,7H,1H3. The Labute approximate surface area is 76.6 Å². The van der Waals surface area contributed by atoms with Crippen LogP contribution in [0.5, 0.6) is 0 Å². The summed E-state index contributed by atoms with van der Waals surface area (Å²) in [5.41, 5.74) is -2.66. The van der Waals surface area contributed by atoms with E-state index in [0.29, 0.717) is 6.07 Å². The maximum absolute atomic E-state index is 12.3. The van der Waals surface area contributed by atoms with Crippen molar-refractivity contribution in [3.8, 4) is 0 Å². The predicted molar refractivity (Wildman–Crippen MR) is 38.9 cm³/mol. The van der Waals surface area contributed by atoms with E-state index in [-0.39, 0.29) is 5.69 Å². The molecule has 78 valence electrons. The number of alkyl halides is 5. The van der Waals surface area contributed by atoms with Crippen molar-refractivity contribution in [1.82, 2.24) is 4.98 Å². The summed E-state index contributed by atoms with van der Waals surface area (Å²) >= 11 is 0. The van der Waals surface area contributed by atoms with E-state index >= 15 is 0 Å². The first-order valence-electron chi connectivity index (χ1n) is 3.65. The smallest absolute Gasteiger partial charge is 0.261 e. The van der Waals surface area contributed by atoms with Gasteiger partial charge < -0.3 is 0 Å². The second kappa shape index (κ2) is 3.51. The van der Waals surface area contributed by atoms with Crippen LogP contribution in [-0.4, -0.2) is 4.98 Å². The summed E-state index contributed by atoms with van der Waals surface area (Å²) in [6.45, 7) is 1.12. The normalized spacial score (nSPS) is 12.2. The highest BCUT2D eigenvalue weighted by molar-refractivity contribution is 5.32. The molecule has 0 fully saturated rings. The van der Waals surface area contributed by atoms with Gasteiger partial charge in [-0.15, -0.1) is 0 Å². The van der Waals surface area contributed by atoms with Crippen molar-refractivity contribution in [2.45, 2.75) is 19.5 Å². The maximum Gasteiger partial charge on any atom is 0.417 e. The van der Waals surface area contributed by atoms with E-state index in [1.54, 1.807) is 0 Å². The van der Waals surface area contributed by atoms with Crippen molar-refractivity contribution in [3.05, 3.63) is 29.1 Å². The fourth-order valence-corrected chi connectivity index (χ4v) is 1.10. The molecule has 0 aromatic carbocycles. The average Bonchev–Trinajstić information content (AvgIpc) is 2.01. The summed E-state index contributed by atoms with van der Waals surface area (Å²) in [4.78, 5) is 3.39. The molecule has 0 saturated carbocycles. The zero-order chi connectivity index (χ0) is 10.9. The van der Waals surface area contributed by atoms with Gasteiger partial charge in [0, 0.05) is 11.9 Å². The molecule has 1 heterocycles. The van der Waals surface area contributed by atoms with Crippen molar-refractivity contribution in [2.24, 2.45) is 0 Å². The molecule has 0 unspecified atom stereocenters. The third kappa shape index (κ3) is 2.00. The van der Waals surface area contributed by atoms with Crippen LogP contribution >= 0.6 is 0 Å². The van der Waals surface area contributed by atoms with Crippen LogP contribution in [0, 0.1) is 6.92 Å². The lowest BCUT2D eigenvalue weighted by atomic mass is 10.1. The first-order chi connectivity index (χ1) is 6.34. The second-order valence-electron chi connectivity index (χ2n) is 2.66. The first kappa shape index (κ1) is 10.9. The zero-order valence-corrected chi connectivity index (χ0v) is 7.07. The van der Waals surface area contributed by atoms with Gasteiger partial charge in [0.05, 0.1) is 11.1 Å². The SMILES string of the molecule is Cc1nccc(C(F)(F)F)c1C(F)F. The summed E-state index contributed by atoms with van der Waals surface area (Å²) in [6, 6.07) is 0.550. The highest BCUT2D eigenvalue weighted by atomic mass is 19.4. The molecule has 1 aromatic heterocycles. The number of nitrogens with zero attached hydrogens (tertiary/aromatic N) is 1. The number of pyridine rings is 1. The molecule has 1 nitrogen and oxygen atoms in total. The summed E-state index contributed by atoms with van der Waals surface area (Å²) in [5.74, 6) is 0. The Morgan fingerprint density at radius 3 is 2.21 bits per heavy atom. The summed E-state index contributed by atoms with van der Waals surface area (Å²) in [7, 11) is 0. The lowest BCUT2D eigenvalue weighted by Gasteiger charge is -2.13. The molecule has 0 spiro atoms. The van der Waals surface area contributed by atoms with Gasteiger partial charge in [-0.1, -0.05) is 0 Å². The Hall–Kier alpha value is -1.20. The van der Waals surface area contributed by atoms with Gasteiger partial charge in [0.1, 0.15) is 0 Å². The first-order valence-corrected chi connectivity index (χ1v) is 3.65. The fourth-order valence-electron chi connectivity index (χ4n) is 1.10. The zero-order valence-electron chi connectivity index (χ0n) is 7.07. The molecule has 0 bridgehead atoms. The van der Waals surface area contributed by atoms with Crippen LogP contribution in [-0.2, 0) is 6.18 Å². The number of hydrogen-bond donors (Lipinski definition) is 0. The van der Waals surface area contributed by atoms with E-state index in [1.165, 1.54) is 0 Å². The Bertz CT molecular complexity index is 331. The molecule has 14 heavy (non-hydrogen) atoms. The number of halogens is 5. The molecule has 0 saturated heterocycles. The van der Waals surface area contributed by atoms with Crippen LogP contribution < -0.4 is 0 Å². The predicted octanol–water partition coefficient (Wildman–Crippen LogP) is 3.35. The van der Waals surface area contributed by atoms with Crippen LogP contribution in [0.1, 0.15) is 23.2 Å². The highest BCUT2D eigenvalue weighted by Crippen LogP contribution is 2.36. The summed E-state index contributed by atoms with van der Waals surface area (Å²) < 4.78 is 61.2. The fraction of sp³-hybridized carbons (Fsp3) is 0.375. The van der Waals surface area contributed by atoms with Gasteiger partial charge in [0.25, 0.3) is 6.43 Å². The van der Waals surface area contributed by atoms with Crippen LogP contribution in [0.25, 0.3) is 0 Å². The third-order valence-electron chi connectivity index (χ3n) is 1.71. The van der Waals surface area contributed by atoms with Gasteiger partial charge in [0.2, 0.25) is 0 Å². The summed E-state index contributed by atoms with van der Waals surface area (Å²) in [6.07, 6.45) is -7.07. The van der Waals surface area contributed by atoms with Crippen molar-refractivity contribution in [1.29, 1.82) is 0 Å². The minimum Gasteiger partial charge on any atom is -0.261 e. The van der Waals surface area contributed by atoms with Gasteiger partial charge in [-0.25, -0.2) is 8.78 Å². The van der Waals surface area contributed by atoms with E-state index in [4.69, 9.17) is 0 Å². The van der Waals surface area contributed by atoms with Gasteiger partial charge in [-0.2, -0.15) is 13.2 Å². The van der Waals surface area contributed by atoms with Crippen molar-refractivity contribution >= 4 is 0 Å². The molecule has 6 heteroatoms. The molecule has 0 aliphatic carbocycles. The quantitative estimate of drug-likeness (QED) is 0.649. The number of aromatic nitrogens is 1. The van der Waals surface area contributed by atoms with Gasteiger partial charge in [0.15, 0.2) is 0 Å². The van der Waals surface area contributed by atoms with Crippen molar-refractivity contribution in [2.75, 3.05) is 0 Å². The highest BCUT2D eigenvalue weighted by Gasteiger charge is 2.36. The molecule has 0 aliphatic rings. The molecule has 0 radical (unpaired) electrons. The van der Waals surface area contributed by atoms with Crippen LogP contribution in [0.15, 0.2) is 12.3 Å². The van der Waals surface area contributed by atoms with Crippen LogP contribution in [0.4, 0.5) is 22.0 Å².